The van der Waals surface area contributed by atoms with Crippen molar-refractivity contribution in [1.29, 1.82) is 0 Å². The summed E-state index contributed by atoms with van der Waals surface area (Å²) in [5.41, 5.74) is 0. The molecule has 0 aromatic rings. The van der Waals surface area contributed by atoms with E-state index in [-0.39, 0.29) is 65.2 Å². The summed E-state index contributed by atoms with van der Waals surface area (Å²) < 4.78 is 10.8. The lowest BCUT2D eigenvalue weighted by atomic mass is 9.98. The lowest BCUT2D eigenvalue weighted by Gasteiger charge is -2.40. The van der Waals surface area contributed by atoms with Crippen molar-refractivity contribution in [3.8, 4) is 0 Å². The molecule has 0 bridgehead atoms. The van der Waals surface area contributed by atoms with E-state index in [1.807, 2.05) is 0 Å². The molecule has 0 spiro atoms. The Kier molecular flexibility index (Phi) is 18.9. The number of hydrogen-bond acceptors (Lipinski definition) is 16. The van der Waals surface area contributed by atoms with E-state index in [1.54, 1.807) is 0 Å². The Morgan fingerprint density at radius 2 is 0.920 bits per heavy atom. The summed E-state index contributed by atoms with van der Waals surface area (Å²) in [6.45, 7) is 5.54. The normalized spacial score (nSPS) is 29.4. The Morgan fingerprint density at radius 3 is 1.24 bits per heavy atom. The van der Waals surface area contributed by atoms with Crippen LogP contribution in [0.4, 0.5) is 0 Å². The lowest BCUT2D eigenvalue weighted by molar-refractivity contribution is -0.236. The van der Waals surface area contributed by atoms with E-state index in [1.165, 1.54) is 9.80 Å². The highest BCUT2D eigenvalue weighted by Gasteiger charge is 2.44. The summed E-state index contributed by atoms with van der Waals surface area (Å²) in [4.78, 5) is 52.8. The predicted molar refractivity (Wildman–Crippen MR) is 172 cm³/mol. The number of nitrogens with one attached hydrogen (secondary N) is 4. The first-order valence-corrected chi connectivity index (χ1v) is 16.2. The molecule has 0 radical (unpaired) electrons. The van der Waals surface area contributed by atoms with E-state index in [0.717, 1.165) is 12.2 Å². The maximum absolute atomic E-state index is 13.3. The van der Waals surface area contributed by atoms with E-state index < -0.39 is 98.1 Å². The van der Waals surface area contributed by atoms with Crippen LogP contribution in [0.2, 0.25) is 0 Å². The van der Waals surface area contributed by atoms with Gasteiger partial charge in [0.2, 0.25) is 23.6 Å². The molecule has 4 amide bonds. The van der Waals surface area contributed by atoms with Crippen LogP contribution in [-0.4, -0.2) is 201 Å². The molecule has 2 aliphatic rings. The second-order valence-corrected chi connectivity index (χ2v) is 11.7. The zero-order chi connectivity index (χ0) is 37.4. The van der Waals surface area contributed by atoms with Gasteiger partial charge in [0, 0.05) is 65.2 Å². The maximum atomic E-state index is 13.3. The van der Waals surface area contributed by atoms with E-state index in [4.69, 9.17) is 9.47 Å². The molecule has 10 unspecified atom stereocenters. The Labute approximate surface area is 289 Å². The number of carbonyl (C=O) groups is 4. The smallest absolute Gasteiger partial charge is 0.243 e. The Bertz CT molecular complexity index is 1030. The van der Waals surface area contributed by atoms with Gasteiger partial charge in [-0.05, 0) is 12.2 Å². The van der Waals surface area contributed by atoms with Crippen molar-refractivity contribution in [2.45, 2.75) is 74.1 Å². The number of ether oxygens (including phenoxy) is 2. The van der Waals surface area contributed by atoms with Crippen molar-refractivity contribution >= 4 is 23.6 Å². The highest BCUT2D eigenvalue weighted by molar-refractivity contribution is 5.87. The van der Waals surface area contributed by atoms with Crippen LogP contribution < -0.4 is 21.3 Å². The van der Waals surface area contributed by atoms with Crippen molar-refractivity contribution in [3.63, 3.8) is 0 Å². The molecule has 2 rings (SSSR count). The van der Waals surface area contributed by atoms with Gasteiger partial charge < -0.3 is 70.8 Å². The van der Waals surface area contributed by atoms with Crippen LogP contribution in [0.15, 0.2) is 25.3 Å². The molecule has 0 aromatic carbocycles. The van der Waals surface area contributed by atoms with Crippen molar-refractivity contribution in [2.24, 2.45) is 0 Å². The van der Waals surface area contributed by atoms with E-state index in [0.29, 0.717) is 0 Å². The van der Waals surface area contributed by atoms with Gasteiger partial charge >= 0.3 is 0 Å². The standard InChI is InChI=1S/C30H52N6O14/c1-3-19(39)31-9-11-35(21(41)5-7-33-29-27(47)25(45)23(43)17(15-37)49-29)13-14-36(12-10-32-20(40)4-2)22(42)6-8-34-30-28(48)26(46)24(44)18(16-38)50-30/h3-4,17-18,23-30,33-34,37-38,43-48H,1-2,5-16H2,(H,31,39)(H,32,40). The zero-order valence-corrected chi connectivity index (χ0v) is 27.7. The maximum Gasteiger partial charge on any atom is 0.243 e. The number of aliphatic hydroxyl groups is 8. The fraction of sp³-hybridized carbons (Fsp3) is 0.733. The molecule has 12 N–H and O–H groups in total. The van der Waals surface area contributed by atoms with E-state index in [2.05, 4.69) is 34.4 Å². The average molecular weight is 721 g/mol. The number of hydrogen-bond donors (Lipinski definition) is 12. The number of rotatable bonds is 21. The summed E-state index contributed by atoms with van der Waals surface area (Å²) in [5.74, 6) is -1.79. The van der Waals surface area contributed by atoms with Gasteiger partial charge in [-0.2, -0.15) is 0 Å². The summed E-state index contributed by atoms with van der Waals surface area (Å²) >= 11 is 0. The largest absolute Gasteiger partial charge is 0.394 e. The van der Waals surface area contributed by atoms with Crippen molar-refractivity contribution in [1.82, 2.24) is 31.1 Å². The second-order valence-electron chi connectivity index (χ2n) is 11.7. The summed E-state index contributed by atoms with van der Waals surface area (Å²) in [6, 6.07) is 0. The van der Waals surface area contributed by atoms with Gasteiger partial charge in [0.25, 0.3) is 0 Å². The summed E-state index contributed by atoms with van der Waals surface area (Å²) in [5, 5.41) is 90.0. The Morgan fingerprint density at radius 1 is 0.560 bits per heavy atom. The van der Waals surface area contributed by atoms with Crippen LogP contribution in [0, 0.1) is 0 Å². The summed E-state index contributed by atoms with van der Waals surface area (Å²) in [7, 11) is 0. The third-order valence-electron chi connectivity index (χ3n) is 8.23. The molecular weight excluding hydrogens is 668 g/mol. The zero-order valence-electron chi connectivity index (χ0n) is 27.7. The van der Waals surface area contributed by atoms with Crippen LogP contribution in [0.5, 0.6) is 0 Å². The molecule has 2 aliphatic heterocycles. The van der Waals surface area contributed by atoms with Gasteiger partial charge in [-0.15, -0.1) is 0 Å². The fourth-order valence-electron chi connectivity index (χ4n) is 5.24. The fourth-order valence-corrected chi connectivity index (χ4v) is 5.24. The van der Waals surface area contributed by atoms with Gasteiger partial charge in [-0.25, -0.2) is 0 Å². The van der Waals surface area contributed by atoms with Gasteiger partial charge in [0.1, 0.15) is 61.3 Å². The Hall–Kier alpha value is -3.12. The number of nitrogens with zero attached hydrogens (tertiary/aromatic N) is 2. The molecular formula is C30H52N6O14. The van der Waals surface area contributed by atoms with Gasteiger partial charge in [0.15, 0.2) is 0 Å². The third-order valence-corrected chi connectivity index (χ3v) is 8.23. The minimum Gasteiger partial charge on any atom is -0.394 e. The molecule has 2 heterocycles. The van der Waals surface area contributed by atoms with Crippen molar-refractivity contribution in [3.05, 3.63) is 25.3 Å². The highest BCUT2D eigenvalue weighted by atomic mass is 16.6. The highest BCUT2D eigenvalue weighted by Crippen LogP contribution is 2.20. The quantitative estimate of drug-likeness (QED) is 0.0490. The third kappa shape index (κ3) is 12.9. The first-order chi connectivity index (χ1) is 23.8. The number of aliphatic hydroxyl groups excluding tert-OH is 8. The van der Waals surface area contributed by atoms with Crippen LogP contribution >= 0.6 is 0 Å². The van der Waals surface area contributed by atoms with Crippen LogP contribution in [0.1, 0.15) is 12.8 Å². The molecule has 0 aliphatic carbocycles. The van der Waals surface area contributed by atoms with Crippen molar-refractivity contribution < 1.29 is 69.5 Å². The van der Waals surface area contributed by atoms with E-state index in [9.17, 15) is 60.0 Å². The van der Waals surface area contributed by atoms with Gasteiger partial charge in [-0.3, -0.25) is 29.8 Å². The molecule has 0 aromatic heterocycles. The SMILES string of the molecule is C=CC(=O)NCCN(CCN(CCNC(=O)C=C)C(=O)CCNC1OC(CO)C(O)C(O)C1O)C(=O)CCNC1OC(CO)C(O)C(O)C1O. The molecule has 286 valence electrons. The minimum atomic E-state index is -1.61. The van der Waals surface area contributed by atoms with E-state index >= 15 is 0 Å². The predicted octanol–water partition coefficient (Wildman–Crippen LogP) is -7.19. The van der Waals surface area contributed by atoms with Crippen LogP contribution in [-0.2, 0) is 28.7 Å². The van der Waals surface area contributed by atoms with Crippen molar-refractivity contribution in [2.75, 3.05) is 65.6 Å². The summed E-state index contributed by atoms with van der Waals surface area (Å²) in [6.07, 6.45) is -12.3. The average Bonchev–Trinajstić information content (AvgIpc) is 3.11. The first-order valence-electron chi connectivity index (χ1n) is 16.2. The van der Waals surface area contributed by atoms with Crippen LogP contribution in [0.3, 0.4) is 0 Å². The molecule has 50 heavy (non-hydrogen) atoms. The number of amides is 4. The van der Waals surface area contributed by atoms with Gasteiger partial charge in [0.05, 0.1) is 13.2 Å². The molecule has 2 fully saturated rings. The minimum absolute atomic E-state index is 0.00980. The van der Waals surface area contributed by atoms with Gasteiger partial charge in [-0.1, -0.05) is 13.2 Å². The second kappa shape index (κ2) is 22.0. The molecule has 2 saturated heterocycles. The topological polar surface area (TPSA) is 303 Å². The monoisotopic (exact) mass is 720 g/mol. The molecule has 20 nitrogen and oxygen atoms in total. The lowest BCUT2D eigenvalue weighted by Crippen LogP contribution is -2.62. The Balaban J connectivity index is 2.05. The molecule has 20 heteroatoms. The molecule has 0 saturated carbocycles. The first kappa shape index (κ1) is 43.0. The number of carbonyl (C=O) groups excluding carboxylic acids is 4. The van der Waals surface area contributed by atoms with Crippen LogP contribution in [0.25, 0.3) is 0 Å². The molecule has 10 atom stereocenters.